The van der Waals surface area contributed by atoms with E-state index in [0.29, 0.717) is 5.25 Å². The number of hydrogen-bond acceptors (Lipinski definition) is 4. The molecule has 21 heavy (non-hydrogen) atoms. The highest BCUT2D eigenvalue weighted by Gasteiger charge is 2.21. The van der Waals surface area contributed by atoms with Gasteiger partial charge in [-0.05, 0) is 18.6 Å². The van der Waals surface area contributed by atoms with Crippen LogP contribution in [0.4, 0.5) is 4.79 Å². The molecule has 0 spiro atoms. The van der Waals surface area contributed by atoms with Crippen LogP contribution in [0.15, 0.2) is 0 Å². The second-order valence-corrected chi connectivity index (χ2v) is 7.28. The molecule has 2 heterocycles. The van der Waals surface area contributed by atoms with Gasteiger partial charge < -0.3 is 15.0 Å². The number of likely N-dealkylation sites (tertiary alicyclic amines) is 1. The van der Waals surface area contributed by atoms with E-state index in [1.54, 1.807) is 0 Å². The van der Waals surface area contributed by atoms with Crippen LogP contribution in [0.5, 0.6) is 0 Å². The van der Waals surface area contributed by atoms with Crippen LogP contribution in [0.3, 0.4) is 0 Å². The van der Waals surface area contributed by atoms with E-state index < -0.39 is 0 Å². The lowest BCUT2D eigenvalue weighted by atomic mass is 10.2. The third-order valence-electron chi connectivity index (χ3n) is 4.13. The molecule has 0 radical (unpaired) electrons. The van der Waals surface area contributed by atoms with E-state index in [2.05, 4.69) is 17.1 Å². The Balaban J connectivity index is 1.68. The molecule has 0 aromatic heterocycles. The summed E-state index contributed by atoms with van der Waals surface area (Å²) in [6.07, 6.45) is 3.63. The monoisotopic (exact) mass is 315 g/mol. The Hall–Kier alpha value is -0.460. The Morgan fingerprint density at radius 1 is 1.29 bits per heavy atom. The molecule has 122 valence electrons. The summed E-state index contributed by atoms with van der Waals surface area (Å²) in [6.45, 7) is 9.26. The molecular formula is C15H29N3O2S. The van der Waals surface area contributed by atoms with Crippen LogP contribution in [-0.4, -0.2) is 79.3 Å². The molecule has 2 aliphatic heterocycles. The number of ether oxygens (including phenoxy) is 1. The number of rotatable bonds is 5. The minimum atomic E-state index is 0.117. The maximum absolute atomic E-state index is 12.3. The second kappa shape index (κ2) is 9.54. The smallest absolute Gasteiger partial charge is 0.317 e. The molecule has 2 aliphatic rings. The molecule has 2 rings (SSSR count). The molecule has 2 saturated heterocycles. The lowest BCUT2D eigenvalue weighted by molar-refractivity contribution is 0.0386. The van der Waals surface area contributed by atoms with Crippen molar-refractivity contribution in [3.63, 3.8) is 0 Å². The standard InChI is InChI=1S/C15H29N3O2S/c1-2-21-14-5-3-4-7-18(13-14)15(19)16-6-8-17-9-11-20-12-10-17/h14H,2-13H2,1H3,(H,16,19). The molecule has 5 nitrogen and oxygen atoms in total. The molecule has 2 amide bonds. The van der Waals surface area contributed by atoms with Crippen molar-refractivity contribution in [3.05, 3.63) is 0 Å². The summed E-state index contributed by atoms with van der Waals surface area (Å²) in [7, 11) is 0. The molecule has 0 saturated carbocycles. The fourth-order valence-corrected chi connectivity index (χ4v) is 4.01. The van der Waals surface area contributed by atoms with Crippen LogP contribution in [0.25, 0.3) is 0 Å². The molecule has 0 bridgehead atoms. The Bertz CT molecular complexity index is 311. The minimum absolute atomic E-state index is 0.117. The van der Waals surface area contributed by atoms with Gasteiger partial charge >= 0.3 is 6.03 Å². The van der Waals surface area contributed by atoms with Crippen LogP contribution in [0.1, 0.15) is 26.2 Å². The molecule has 1 unspecified atom stereocenters. The summed E-state index contributed by atoms with van der Waals surface area (Å²) in [5.41, 5.74) is 0. The van der Waals surface area contributed by atoms with Gasteiger partial charge in [0.25, 0.3) is 0 Å². The van der Waals surface area contributed by atoms with Crippen LogP contribution < -0.4 is 5.32 Å². The largest absolute Gasteiger partial charge is 0.379 e. The van der Waals surface area contributed by atoms with Crippen molar-refractivity contribution < 1.29 is 9.53 Å². The average Bonchev–Trinajstić information content (AvgIpc) is 2.74. The van der Waals surface area contributed by atoms with Gasteiger partial charge in [0.1, 0.15) is 0 Å². The molecular weight excluding hydrogens is 286 g/mol. The van der Waals surface area contributed by atoms with Crippen molar-refractivity contribution in [2.45, 2.75) is 31.4 Å². The fraction of sp³-hybridized carbons (Fsp3) is 0.933. The van der Waals surface area contributed by atoms with Gasteiger partial charge in [0.15, 0.2) is 0 Å². The topological polar surface area (TPSA) is 44.8 Å². The normalized spacial score (nSPS) is 24.6. The van der Waals surface area contributed by atoms with Crippen molar-refractivity contribution in [1.29, 1.82) is 0 Å². The Kier molecular flexibility index (Phi) is 7.68. The van der Waals surface area contributed by atoms with E-state index in [1.807, 2.05) is 16.7 Å². The van der Waals surface area contributed by atoms with Crippen molar-refractivity contribution in [2.24, 2.45) is 0 Å². The lowest BCUT2D eigenvalue weighted by Crippen LogP contribution is -2.46. The van der Waals surface area contributed by atoms with Crippen molar-refractivity contribution in [2.75, 3.05) is 58.2 Å². The average molecular weight is 315 g/mol. The highest BCUT2D eigenvalue weighted by Crippen LogP contribution is 2.21. The van der Waals surface area contributed by atoms with E-state index in [-0.39, 0.29) is 6.03 Å². The van der Waals surface area contributed by atoms with Crippen LogP contribution in [0, 0.1) is 0 Å². The number of nitrogens with zero attached hydrogens (tertiary/aromatic N) is 2. The number of morpholine rings is 1. The quantitative estimate of drug-likeness (QED) is 0.838. The van der Waals surface area contributed by atoms with Crippen LogP contribution >= 0.6 is 11.8 Å². The minimum Gasteiger partial charge on any atom is -0.379 e. The highest BCUT2D eigenvalue weighted by molar-refractivity contribution is 7.99. The zero-order valence-electron chi connectivity index (χ0n) is 13.2. The predicted molar refractivity (Wildman–Crippen MR) is 88.0 cm³/mol. The SMILES string of the molecule is CCSC1CCCCN(C(=O)NCCN2CCOCC2)C1. The molecule has 2 fully saturated rings. The van der Waals surface area contributed by atoms with Gasteiger partial charge in [0, 0.05) is 44.5 Å². The van der Waals surface area contributed by atoms with Gasteiger partial charge in [0.05, 0.1) is 13.2 Å². The van der Waals surface area contributed by atoms with E-state index >= 15 is 0 Å². The van der Waals surface area contributed by atoms with Gasteiger partial charge in [-0.3, -0.25) is 4.90 Å². The van der Waals surface area contributed by atoms with Crippen molar-refractivity contribution in [1.82, 2.24) is 15.1 Å². The number of carbonyl (C=O) groups excluding carboxylic acids is 1. The molecule has 1 N–H and O–H groups in total. The third-order valence-corrected chi connectivity index (χ3v) is 5.32. The summed E-state index contributed by atoms with van der Waals surface area (Å²) < 4.78 is 5.33. The van der Waals surface area contributed by atoms with Crippen molar-refractivity contribution >= 4 is 17.8 Å². The Morgan fingerprint density at radius 3 is 2.86 bits per heavy atom. The number of urea groups is 1. The number of thioether (sulfide) groups is 1. The first-order chi connectivity index (χ1) is 10.3. The zero-order valence-corrected chi connectivity index (χ0v) is 14.0. The van der Waals surface area contributed by atoms with Crippen LogP contribution in [0.2, 0.25) is 0 Å². The first-order valence-corrected chi connectivity index (χ1v) is 9.29. The highest BCUT2D eigenvalue weighted by atomic mass is 32.2. The first-order valence-electron chi connectivity index (χ1n) is 8.24. The Labute approximate surface area is 132 Å². The number of amides is 2. The molecule has 1 atom stereocenters. The van der Waals surface area contributed by atoms with E-state index in [1.165, 1.54) is 12.8 Å². The number of nitrogens with one attached hydrogen (secondary N) is 1. The summed E-state index contributed by atoms with van der Waals surface area (Å²) in [5.74, 6) is 1.14. The van der Waals surface area contributed by atoms with Crippen LogP contribution in [-0.2, 0) is 4.74 Å². The van der Waals surface area contributed by atoms with Gasteiger partial charge in [0.2, 0.25) is 0 Å². The van der Waals surface area contributed by atoms with Gasteiger partial charge in [-0.2, -0.15) is 11.8 Å². The maximum Gasteiger partial charge on any atom is 0.317 e. The fourth-order valence-electron chi connectivity index (χ4n) is 2.92. The maximum atomic E-state index is 12.3. The second-order valence-electron chi connectivity index (χ2n) is 5.71. The predicted octanol–water partition coefficient (Wildman–Crippen LogP) is 1.64. The van der Waals surface area contributed by atoms with Gasteiger partial charge in [-0.25, -0.2) is 4.79 Å². The summed E-state index contributed by atoms with van der Waals surface area (Å²) in [5, 5.41) is 3.70. The molecule has 0 aliphatic carbocycles. The summed E-state index contributed by atoms with van der Waals surface area (Å²) in [4.78, 5) is 16.7. The number of carbonyl (C=O) groups is 1. The third kappa shape index (κ3) is 6.04. The zero-order chi connectivity index (χ0) is 14.9. The summed E-state index contributed by atoms with van der Waals surface area (Å²) in [6, 6.07) is 0.117. The number of hydrogen-bond donors (Lipinski definition) is 1. The molecule has 0 aromatic carbocycles. The first kappa shape index (κ1) is 16.9. The lowest BCUT2D eigenvalue weighted by Gasteiger charge is -2.28. The van der Waals surface area contributed by atoms with E-state index in [4.69, 9.17) is 4.74 Å². The van der Waals surface area contributed by atoms with Gasteiger partial charge in [-0.15, -0.1) is 0 Å². The van der Waals surface area contributed by atoms with E-state index in [9.17, 15) is 4.79 Å². The molecule has 6 heteroatoms. The van der Waals surface area contributed by atoms with Gasteiger partial charge in [-0.1, -0.05) is 13.3 Å². The molecule has 0 aromatic rings. The van der Waals surface area contributed by atoms with E-state index in [0.717, 1.165) is 64.7 Å². The Morgan fingerprint density at radius 2 is 2.10 bits per heavy atom. The van der Waals surface area contributed by atoms with Crippen molar-refractivity contribution in [3.8, 4) is 0 Å². The summed E-state index contributed by atoms with van der Waals surface area (Å²) >= 11 is 1.99.